The van der Waals surface area contributed by atoms with E-state index in [1.54, 1.807) is 0 Å². The highest BCUT2D eigenvalue weighted by molar-refractivity contribution is 9.10. The van der Waals surface area contributed by atoms with Crippen LogP contribution in [-0.4, -0.2) is 0 Å². The van der Waals surface area contributed by atoms with E-state index in [1.807, 2.05) is 19.1 Å². The number of nitrogens with two attached hydrogens (primary N) is 1. The molecule has 0 unspecified atom stereocenters. The van der Waals surface area contributed by atoms with E-state index in [-0.39, 0.29) is 0 Å². The van der Waals surface area contributed by atoms with Gasteiger partial charge >= 0.3 is 0 Å². The molecule has 0 atom stereocenters. The maximum Gasteiger partial charge on any atom is 0.0532 e. The Kier molecular flexibility index (Phi) is 3.92. The first-order valence-electron chi connectivity index (χ1n) is 6.02. The topological polar surface area (TPSA) is 38.0 Å². The molecule has 2 rings (SSSR count). The van der Waals surface area contributed by atoms with Gasteiger partial charge in [0, 0.05) is 15.8 Å². The highest BCUT2D eigenvalue weighted by Crippen LogP contribution is 2.31. The Morgan fingerprint density at radius 1 is 1.17 bits per heavy atom. The maximum absolute atomic E-state index is 5.88. The summed E-state index contributed by atoms with van der Waals surface area (Å²) in [5.41, 5.74) is 11.3. The second kappa shape index (κ2) is 5.44. The molecule has 0 bridgehead atoms. The fraction of sp³-hybridized carbons (Fsp3) is 0.200. The summed E-state index contributed by atoms with van der Waals surface area (Å²) < 4.78 is 0.983. The average molecular weight is 305 g/mol. The molecule has 0 aliphatic rings. The van der Waals surface area contributed by atoms with E-state index in [1.165, 1.54) is 5.56 Å². The van der Waals surface area contributed by atoms with Crippen LogP contribution in [0.1, 0.15) is 18.1 Å². The van der Waals surface area contributed by atoms with E-state index in [9.17, 15) is 0 Å². The molecule has 0 amide bonds. The van der Waals surface area contributed by atoms with E-state index in [0.29, 0.717) is 0 Å². The van der Waals surface area contributed by atoms with Crippen LogP contribution in [-0.2, 0) is 6.42 Å². The van der Waals surface area contributed by atoms with Gasteiger partial charge in [-0.2, -0.15) is 0 Å². The van der Waals surface area contributed by atoms with Crippen molar-refractivity contribution < 1.29 is 0 Å². The third-order valence-electron chi connectivity index (χ3n) is 3.02. The first-order chi connectivity index (χ1) is 8.61. The summed E-state index contributed by atoms with van der Waals surface area (Å²) in [5, 5.41) is 3.46. The quantitative estimate of drug-likeness (QED) is 0.810. The van der Waals surface area contributed by atoms with E-state index in [0.717, 1.165) is 33.5 Å². The Bertz CT molecular complexity index is 564. The van der Waals surface area contributed by atoms with Gasteiger partial charge in [0.25, 0.3) is 0 Å². The molecule has 2 nitrogen and oxygen atoms in total. The zero-order valence-corrected chi connectivity index (χ0v) is 12.2. The van der Waals surface area contributed by atoms with Crippen molar-refractivity contribution in [2.24, 2.45) is 0 Å². The minimum atomic E-state index is 0.802. The summed E-state index contributed by atoms with van der Waals surface area (Å²) in [7, 11) is 0. The summed E-state index contributed by atoms with van der Waals surface area (Å²) in [5.74, 6) is 0. The number of nitrogens with one attached hydrogen (secondary N) is 1. The third-order valence-corrected chi connectivity index (χ3v) is 3.68. The molecule has 0 spiro atoms. The first-order valence-corrected chi connectivity index (χ1v) is 6.81. The van der Waals surface area contributed by atoms with Crippen molar-refractivity contribution in [1.29, 1.82) is 0 Å². The minimum Gasteiger partial charge on any atom is -0.398 e. The van der Waals surface area contributed by atoms with Crippen LogP contribution in [0.5, 0.6) is 0 Å². The van der Waals surface area contributed by atoms with Gasteiger partial charge in [0.2, 0.25) is 0 Å². The highest BCUT2D eigenvalue weighted by atomic mass is 79.9. The fourth-order valence-electron chi connectivity index (χ4n) is 1.89. The normalized spacial score (nSPS) is 10.4. The number of anilines is 3. The Morgan fingerprint density at radius 3 is 2.61 bits per heavy atom. The van der Waals surface area contributed by atoms with Crippen LogP contribution in [0.3, 0.4) is 0 Å². The molecule has 3 N–H and O–H groups in total. The number of aryl methyl sites for hydroxylation is 2. The SMILES string of the molecule is CCc1ccccc1Nc1cc(C)c(N)cc1Br. The van der Waals surface area contributed by atoms with Crippen molar-refractivity contribution in [3.05, 3.63) is 52.0 Å². The molecule has 0 saturated heterocycles. The lowest BCUT2D eigenvalue weighted by atomic mass is 10.1. The van der Waals surface area contributed by atoms with Crippen LogP contribution in [0.4, 0.5) is 17.1 Å². The number of hydrogen-bond donors (Lipinski definition) is 2. The Hall–Kier alpha value is -1.48. The summed E-state index contributed by atoms with van der Waals surface area (Å²) in [6.45, 7) is 4.17. The number of halogens is 1. The van der Waals surface area contributed by atoms with Crippen molar-refractivity contribution in [2.75, 3.05) is 11.1 Å². The lowest BCUT2D eigenvalue weighted by Gasteiger charge is -2.14. The Labute approximate surface area is 116 Å². The largest absolute Gasteiger partial charge is 0.398 e. The van der Waals surface area contributed by atoms with Crippen LogP contribution in [0, 0.1) is 6.92 Å². The van der Waals surface area contributed by atoms with Gasteiger partial charge in [-0.1, -0.05) is 25.1 Å². The average Bonchev–Trinajstić information content (AvgIpc) is 2.36. The second-order valence-corrected chi connectivity index (χ2v) is 5.18. The van der Waals surface area contributed by atoms with E-state index in [4.69, 9.17) is 5.73 Å². The second-order valence-electron chi connectivity index (χ2n) is 4.32. The standard InChI is InChI=1S/C15H17BrN2/c1-3-11-6-4-5-7-14(11)18-15-8-10(2)13(17)9-12(15)16/h4-9,18H,3,17H2,1-2H3. The monoisotopic (exact) mass is 304 g/mol. The molecular weight excluding hydrogens is 288 g/mol. The van der Waals surface area contributed by atoms with Gasteiger partial charge in [0.15, 0.2) is 0 Å². The van der Waals surface area contributed by atoms with Gasteiger partial charge < -0.3 is 11.1 Å². The molecule has 2 aromatic carbocycles. The summed E-state index contributed by atoms with van der Waals surface area (Å²) in [4.78, 5) is 0. The molecule has 0 fully saturated rings. The fourth-order valence-corrected chi connectivity index (χ4v) is 2.35. The predicted octanol–water partition coefficient (Wildman–Crippen LogP) is 4.65. The molecule has 0 saturated carbocycles. The van der Waals surface area contributed by atoms with Crippen LogP contribution >= 0.6 is 15.9 Å². The highest BCUT2D eigenvalue weighted by Gasteiger charge is 2.06. The van der Waals surface area contributed by atoms with Gasteiger partial charge in [-0.15, -0.1) is 0 Å². The Balaban J connectivity index is 2.37. The number of hydrogen-bond acceptors (Lipinski definition) is 2. The zero-order chi connectivity index (χ0) is 13.1. The van der Waals surface area contributed by atoms with Gasteiger partial charge in [-0.05, 0) is 58.6 Å². The number of rotatable bonds is 3. The zero-order valence-electron chi connectivity index (χ0n) is 10.6. The molecule has 0 aliphatic carbocycles. The van der Waals surface area contributed by atoms with Crippen molar-refractivity contribution in [3.63, 3.8) is 0 Å². The van der Waals surface area contributed by atoms with Crippen LogP contribution < -0.4 is 11.1 Å². The molecule has 0 radical (unpaired) electrons. The third kappa shape index (κ3) is 2.67. The number of para-hydroxylation sites is 1. The molecule has 0 aromatic heterocycles. The molecule has 2 aromatic rings. The summed E-state index contributed by atoms with van der Waals surface area (Å²) >= 11 is 3.54. The smallest absolute Gasteiger partial charge is 0.0532 e. The van der Waals surface area contributed by atoms with Gasteiger partial charge in [-0.3, -0.25) is 0 Å². The maximum atomic E-state index is 5.88. The van der Waals surface area contributed by atoms with Gasteiger partial charge in [-0.25, -0.2) is 0 Å². The van der Waals surface area contributed by atoms with Crippen LogP contribution in [0.2, 0.25) is 0 Å². The van der Waals surface area contributed by atoms with E-state index in [2.05, 4.69) is 52.4 Å². The molecule has 3 heteroatoms. The number of benzene rings is 2. The van der Waals surface area contributed by atoms with E-state index < -0.39 is 0 Å². The van der Waals surface area contributed by atoms with Gasteiger partial charge in [0.05, 0.1) is 5.69 Å². The molecule has 0 heterocycles. The summed E-state index contributed by atoms with van der Waals surface area (Å²) in [6.07, 6.45) is 1.01. The number of nitrogen functional groups attached to an aromatic ring is 1. The van der Waals surface area contributed by atoms with Crippen LogP contribution in [0.15, 0.2) is 40.9 Å². The molecule has 18 heavy (non-hydrogen) atoms. The lowest BCUT2D eigenvalue weighted by Crippen LogP contribution is -1.98. The van der Waals surface area contributed by atoms with Crippen molar-refractivity contribution in [1.82, 2.24) is 0 Å². The van der Waals surface area contributed by atoms with Gasteiger partial charge in [0.1, 0.15) is 0 Å². The summed E-state index contributed by atoms with van der Waals surface area (Å²) in [6, 6.07) is 12.3. The van der Waals surface area contributed by atoms with Crippen molar-refractivity contribution in [3.8, 4) is 0 Å². The Morgan fingerprint density at radius 2 is 1.89 bits per heavy atom. The predicted molar refractivity (Wildman–Crippen MR) is 82.4 cm³/mol. The first kappa shape index (κ1) is 13.0. The molecule has 0 aliphatic heterocycles. The minimum absolute atomic E-state index is 0.802. The van der Waals surface area contributed by atoms with Crippen molar-refractivity contribution in [2.45, 2.75) is 20.3 Å². The van der Waals surface area contributed by atoms with E-state index >= 15 is 0 Å². The lowest BCUT2D eigenvalue weighted by molar-refractivity contribution is 1.14. The van der Waals surface area contributed by atoms with Crippen LogP contribution in [0.25, 0.3) is 0 Å². The van der Waals surface area contributed by atoms with Crippen molar-refractivity contribution >= 4 is 33.0 Å². The molecular formula is C15H17BrN2. The molecule has 94 valence electrons.